The second kappa shape index (κ2) is 10.1. The molecule has 0 saturated heterocycles. The first kappa shape index (κ1) is 22.8. The minimum absolute atomic E-state index is 0.232. The molecule has 0 amide bonds. The number of thioether (sulfide) groups is 1. The van der Waals surface area contributed by atoms with Gasteiger partial charge in [-0.25, -0.2) is 4.98 Å². The zero-order valence-electron chi connectivity index (χ0n) is 18.5. The number of rotatable bonds is 8. The van der Waals surface area contributed by atoms with Crippen LogP contribution in [0.25, 0.3) is 10.6 Å². The highest BCUT2D eigenvalue weighted by Gasteiger charge is 2.20. The third-order valence-corrected chi connectivity index (χ3v) is 7.24. The van der Waals surface area contributed by atoms with Crippen molar-refractivity contribution in [2.24, 2.45) is 0 Å². The van der Waals surface area contributed by atoms with Crippen molar-refractivity contribution in [3.63, 3.8) is 0 Å². The molecule has 2 heterocycles. The van der Waals surface area contributed by atoms with E-state index in [1.165, 1.54) is 5.56 Å². The van der Waals surface area contributed by atoms with Crippen LogP contribution in [0, 0.1) is 13.8 Å². The molecule has 2 aromatic carbocycles. The molecule has 5 nitrogen and oxygen atoms in total. The number of ether oxygens (including phenoxy) is 1. The summed E-state index contributed by atoms with van der Waals surface area (Å²) < 4.78 is 8.27. The summed E-state index contributed by atoms with van der Waals surface area (Å²) in [6.07, 6.45) is -0.232. The van der Waals surface area contributed by atoms with E-state index in [4.69, 9.17) is 21.3 Å². The monoisotopic (exact) mass is 484 g/mol. The van der Waals surface area contributed by atoms with E-state index in [2.05, 4.69) is 58.3 Å². The molecule has 0 saturated carbocycles. The summed E-state index contributed by atoms with van der Waals surface area (Å²) in [5, 5.41) is 13.6. The molecule has 2 aromatic heterocycles. The minimum Gasteiger partial charge on any atom is -0.482 e. The molecule has 0 bridgehead atoms. The largest absolute Gasteiger partial charge is 0.482 e. The fraction of sp³-hybridized carbons (Fsp3) is 0.292. The maximum absolute atomic E-state index is 6.16. The second-order valence-corrected chi connectivity index (χ2v) is 9.79. The predicted octanol–water partition coefficient (Wildman–Crippen LogP) is 7.12. The maximum Gasteiger partial charge on any atom is 0.191 e. The minimum atomic E-state index is -0.232. The van der Waals surface area contributed by atoms with E-state index in [9.17, 15) is 0 Å². The number of hydrogen-bond donors (Lipinski definition) is 0. The van der Waals surface area contributed by atoms with Gasteiger partial charge in [0.05, 0.1) is 5.69 Å². The first-order chi connectivity index (χ1) is 15.4. The Morgan fingerprint density at radius 3 is 2.62 bits per heavy atom. The Bertz CT molecular complexity index is 1200. The van der Waals surface area contributed by atoms with Crippen LogP contribution >= 0.6 is 34.7 Å². The van der Waals surface area contributed by atoms with Crippen LogP contribution < -0.4 is 4.74 Å². The molecule has 1 unspecified atom stereocenters. The Morgan fingerprint density at radius 2 is 1.91 bits per heavy atom. The van der Waals surface area contributed by atoms with Crippen LogP contribution in [0.2, 0.25) is 5.02 Å². The Hall–Kier alpha value is -2.35. The highest BCUT2D eigenvalue weighted by atomic mass is 35.5. The SMILES string of the molecule is CCn1c(SCc2csc(-c3ccc(C)cc3)n2)nnc1C(C)Oc1ccc(Cl)cc1C. The van der Waals surface area contributed by atoms with E-state index < -0.39 is 0 Å². The van der Waals surface area contributed by atoms with Crippen molar-refractivity contribution >= 4 is 34.7 Å². The lowest BCUT2D eigenvalue weighted by Crippen LogP contribution is -2.12. The summed E-state index contributed by atoms with van der Waals surface area (Å²) in [6.45, 7) is 8.93. The van der Waals surface area contributed by atoms with Crippen LogP contribution in [-0.4, -0.2) is 19.7 Å². The van der Waals surface area contributed by atoms with Crippen molar-refractivity contribution in [2.75, 3.05) is 0 Å². The van der Waals surface area contributed by atoms with Crippen molar-refractivity contribution < 1.29 is 4.74 Å². The van der Waals surface area contributed by atoms with Crippen molar-refractivity contribution in [1.82, 2.24) is 19.7 Å². The fourth-order valence-corrected chi connectivity index (χ4v) is 5.39. The summed E-state index contributed by atoms with van der Waals surface area (Å²) in [5.74, 6) is 2.35. The Kier molecular flexibility index (Phi) is 7.18. The molecule has 0 radical (unpaired) electrons. The van der Waals surface area contributed by atoms with Crippen molar-refractivity contribution in [2.45, 2.75) is 51.3 Å². The normalized spacial score (nSPS) is 12.2. The molecule has 4 rings (SSSR count). The standard InChI is InChI=1S/C24H25ClN4OS2/c1-5-29-22(17(4)30-21-11-10-19(25)12-16(21)3)27-28-24(29)32-14-20-13-31-23(26-20)18-8-6-15(2)7-9-18/h6-13,17H,5,14H2,1-4H3. The van der Waals surface area contributed by atoms with Crippen LogP contribution in [0.5, 0.6) is 5.75 Å². The highest BCUT2D eigenvalue weighted by Crippen LogP contribution is 2.30. The van der Waals surface area contributed by atoms with Crippen molar-refractivity contribution in [3.05, 3.63) is 75.5 Å². The van der Waals surface area contributed by atoms with E-state index in [1.54, 1.807) is 23.1 Å². The van der Waals surface area contributed by atoms with Gasteiger partial charge in [-0.15, -0.1) is 21.5 Å². The number of aryl methyl sites for hydroxylation is 2. The molecule has 1 atom stereocenters. The molecule has 4 aromatic rings. The summed E-state index contributed by atoms with van der Waals surface area (Å²) in [5.41, 5.74) is 4.44. The number of thiazole rings is 1. The smallest absolute Gasteiger partial charge is 0.191 e. The molecule has 0 spiro atoms. The number of hydrogen-bond acceptors (Lipinski definition) is 6. The molecule has 8 heteroatoms. The number of aromatic nitrogens is 4. The first-order valence-electron chi connectivity index (χ1n) is 10.4. The molecular formula is C24H25ClN4OS2. The van der Waals surface area contributed by atoms with Crippen LogP contribution in [0.1, 0.15) is 42.6 Å². The van der Waals surface area contributed by atoms with Gasteiger partial charge in [-0.2, -0.15) is 0 Å². The molecule has 0 aliphatic rings. The summed E-state index contributed by atoms with van der Waals surface area (Å²) >= 11 is 9.38. The van der Waals surface area contributed by atoms with Crippen LogP contribution in [0.4, 0.5) is 0 Å². The third-order valence-electron chi connectivity index (χ3n) is 5.07. The number of benzene rings is 2. The van der Waals surface area contributed by atoms with Gasteiger partial charge in [0.15, 0.2) is 17.1 Å². The molecule has 0 N–H and O–H groups in total. The topological polar surface area (TPSA) is 52.8 Å². The van der Waals surface area contributed by atoms with Gasteiger partial charge < -0.3 is 9.30 Å². The zero-order valence-corrected chi connectivity index (χ0v) is 20.9. The Morgan fingerprint density at radius 1 is 1.12 bits per heavy atom. The van der Waals surface area contributed by atoms with E-state index in [-0.39, 0.29) is 6.10 Å². The van der Waals surface area contributed by atoms with Crippen LogP contribution in [0.3, 0.4) is 0 Å². The average Bonchev–Trinajstić information content (AvgIpc) is 3.41. The highest BCUT2D eigenvalue weighted by molar-refractivity contribution is 7.98. The van der Waals surface area contributed by atoms with Gasteiger partial charge in [0, 0.05) is 28.3 Å². The van der Waals surface area contributed by atoms with Crippen LogP contribution in [0.15, 0.2) is 53.0 Å². The molecular weight excluding hydrogens is 460 g/mol. The molecule has 166 valence electrons. The molecule has 0 fully saturated rings. The van der Waals surface area contributed by atoms with E-state index in [0.29, 0.717) is 5.02 Å². The fourth-order valence-electron chi connectivity index (χ4n) is 3.33. The first-order valence-corrected chi connectivity index (χ1v) is 12.7. The quantitative estimate of drug-likeness (QED) is 0.249. The molecule has 0 aliphatic heterocycles. The van der Waals surface area contributed by atoms with Gasteiger partial charge in [-0.3, -0.25) is 0 Å². The number of halogens is 1. The lowest BCUT2D eigenvalue weighted by Gasteiger charge is -2.17. The van der Waals surface area contributed by atoms with Gasteiger partial charge in [0.25, 0.3) is 0 Å². The van der Waals surface area contributed by atoms with Gasteiger partial charge in [-0.05, 0) is 51.5 Å². The predicted molar refractivity (Wildman–Crippen MR) is 133 cm³/mol. The second-order valence-electron chi connectivity index (χ2n) is 7.55. The number of nitrogens with zero attached hydrogens (tertiary/aromatic N) is 4. The summed E-state index contributed by atoms with van der Waals surface area (Å²) in [7, 11) is 0. The Balaban J connectivity index is 1.44. The summed E-state index contributed by atoms with van der Waals surface area (Å²) in [4.78, 5) is 4.80. The average molecular weight is 485 g/mol. The van der Waals surface area contributed by atoms with Crippen molar-refractivity contribution in [3.8, 4) is 16.3 Å². The lowest BCUT2D eigenvalue weighted by atomic mass is 10.2. The van der Waals surface area contributed by atoms with Gasteiger partial charge in [-0.1, -0.05) is 53.2 Å². The van der Waals surface area contributed by atoms with Crippen molar-refractivity contribution in [1.29, 1.82) is 0 Å². The zero-order chi connectivity index (χ0) is 22.7. The van der Waals surface area contributed by atoms with Gasteiger partial charge in [0.1, 0.15) is 10.8 Å². The molecule has 0 aliphatic carbocycles. The Labute approximate surface area is 201 Å². The maximum atomic E-state index is 6.16. The van der Waals surface area contributed by atoms with E-state index >= 15 is 0 Å². The van der Waals surface area contributed by atoms with Gasteiger partial charge >= 0.3 is 0 Å². The third kappa shape index (κ3) is 5.17. The van der Waals surface area contributed by atoms with Crippen LogP contribution in [-0.2, 0) is 12.3 Å². The van der Waals surface area contributed by atoms with Gasteiger partial charge in [0.2, 0.25) is 0 Å². The summed E-state index contributed by atoms with van der Waals surface area (Å²) in [6, 6.07) is 14.1. The molecule has 32 heavy (non-hydrogen) atoms. The lowest BCUT2D eigenvalue weighted by molar-refractivity contribution is 0.208. The van der Waals surface area contributed by atoms with E-state index in [0.717, 1.165) is 50.9 Å². The van der Waals surface area contributed by atoms with E-state index in [1.807, 2.05) is 32.0 Å².